The van der Waals surface area contributed by atoms with Gasteiger partial charge in [-0.3, -0.25) is 9.59 Å². The lowest BCUT2D eigenvalue weighted by molar-refractivity contribution is -0.120. The molecular weight excluding hydrogens is 368 g/mol. The molecule has 0 radical (unpaired) electrons. The number of primary amides is 1. The molecule has 0 aliphatic carbocycles. The molecule has 146 valence electrons. The molecule has 3 aromatic rings. The molecule has 0 bridgehead atoms. The molecule has 29 heavy (non-hydrogen) atoms. The highest BCUT2D eigenvalue weighted by molar-refractivity contribution is 6.01. The minimum atomic E-state index is -0.537. The van der Waals surface area contributed by atoms with Crippen molar-refractivity contribution < 1.29 is 19.1 Å². The van der Waals surface area contributed by atoms with Crippen LogP contribution in [0.5, 0.6) is 17.2 Å². The third-order valence-corrected chi connectivity index (χ3v) is 3.79. The van der Waals surface area contributed by atoms with Gasteiger partial charge in [0.1, 0.15) is 17.2 Å². The first kappa shape index (κ1) is 19.7. The fourth-order valence-corrected chi connectivity index (χ4v) is 2.42. The first-order valence-corrected chi connectivity index (χ1v) is 8.92. The molecule has 0 heterocycles. The number of hydrogen-bond acceptors (Lipinski definition) is 4. The van der Waals surface area contributed by atoms with E-state index in [0.29, 0.717) is 17.2 Å². The maximum atomic E-state index is 12.1. The molecular formula is C23H20N2O4. The van der Waals surface area contributed by atoms with Crippen LogP contribution in [-0.2, 0) is 9.59 Å². The van der Waals surface area contributed by atoms with Gasteiger partial charge in [0.15, 0.2) is 6.61 Å². The molecule has 6 nitrogen and oxygen atoms in total. The molecule has 0 saturated heterocycles. The Morgan fingerprint density at radius 2 is 1.45 bits per heavy atom. The van der Waals surface area contributed by atoms with Crippen LogP contribution in [0.2, 0.25) is 0 Å². The quantitative estimate of drug-likeness (QED) is 0.571. The van der Waals surface area contributed by atoms with Crippen molar-refractivity contribution in [2.75, 3.05) is 11.9 Å². The lowest BCUT2D eigenvalue weighted by Crippen LogP contribution is -2.19. The zero-order valence-corrected chi connectivity index (χ0v) is 15.6. The fourth-order valence-electron chi connectivity index (χ4n) is 2.42. The summed E-state index contributed by atoms with van der Waals surface area (Å²) in [6.45, 7) is -0.174. The SMILES string of the molecule is NC(=O)COc1ccc(C=CC(=O)Nc2ccc(Oc3ccccc3)cc2)cc1. The van der Waals surface area contributed by atoms with E-state index in [1.54, 1.807) is 54.6 Å². The smallest absolute Gasteiger partial charge is 0.255 e. The van der Waals surface area contributed by atoms with Crippen LogP contribution < -0.4 is 20.5 Å². The van der Waals surface area contributed by atoms with E-state index in [9.17, 15) is 9.59 Å². The van der Waals surface area contributed by atoms with Gasteiger partial charge in [-0.1, -0.05) is 30.3 Å². The van der Waals surface area contributed by atoms with Crippen LogP contribution in [0, 0.1) is 0 Å². The molecule has 0 atom stereocenters. The molecule has 3 N–H and O–H groups in total. The van der Waals surface area contributed by atoms with Crippen LogP contribution in [0.15, 0.2) is 84.9 Å². The molecule has 0 fully saturated rings. The van der Waals surface area contributed by atoms with Crippen molar-refractivity contribution in [1.82, 2.24) is 0 Å². The molecule has 0 unspecified atom stereocenters. The second kappa shape index (κ2) is 9.75. The normalized spacial score (nSPS) is 10.5. The second-order valence-electron chi connectivity index (χ2n) is 6.09. The summed E-state index contributed by atoms with van der Waals surface area (Å²) in [5.74, 6) is 1.17. The Morgan fingerprint density at radius 1 is 0.828 bits per heavy atom. The van der Waals surface area contributed by atoms with Gasteiger partial charge in [0, 0.05) is 11.8 Å². The zero-order valence-electron chi connectivity index (χ0n) is 15.6. The molecule has 0 aliphatic heterocycles. The van der Waals surface area contributed by atoms with Gasteiger partial charge in [0.2, 0.25) is 5.91 Å². The molecule has 0 aliphatic rings. The van der Waals surface area contributed by atoms with Crippen molar-refractivity contribution in [1.29, 1.82) is 0 Å². The third kappa shape index (κ3) is 6.55. The van der Waals surface area contributed by atoms with Crippen molar-refractivity contribution >= 4 is 23.6 Å². The summed E-state index contributed by atoms with van der Waals surface area (Å²) in [6, 6.07) is 23.5. The maximum absolute atomic E-state index is 12.1. The Morgan fingerprint density at radius 3 is 2.10 bits per heavy atom. The highest BCUT2D eigenvalue weighted by Crippen LogP contribution is 2.22. The molecule has 2 amide bonds. The lowest BCUT2D eigenvalue weighted by Gasteiger charge is -2.07. The summed E-state index contributed by atoms with van der Waals surface area (Å²) in [6.07, 6.45) is 3.12. The Balaban J connectivity index is 1.51. The van der Waals surface area contributed by atoms with Crippen LogP contribution in [0.1, 0.15) is 5.56 Å². The van der Waals surface area contributed by atoms with E-state index in [1.165, 1.54) is 6.08 Å². The largest absolute Gasteiger partial charge is 0.484 e. The number of carbonyl (C=O) groups is 2. The summed E-state index contributed by atoms with van der Waals surface area (Å²) >= 11 is 0. The first-order chi connectivity index (χ1) is 14.1. The summed E-state index contributed by atoms with van der Waals surface area (Å²) in [7, 11) is 0. The van der Waals surface area contributed by atoms with E-state index in [2.05, 4.69) is 5.32 Å². The van der Waals surface area contributed by atoms with E-state index in [-0.39, 0.29) is 12.5 Å². The number of hydrogen-bond donors (Lipinski definition) is 2. The van der Waals surface area contributed by atoms with Crippen molar-refractivity contribution in [3.63, 3.8) is 0 Å². The number of carbonyl (C=O) groups excluding carboxylic acids is 2. The van der Waals surface area contributed by atoms with E-state index >= 15 is 0 Å². The van der Waals surface area contributed by atoms with Gasteiger partial charge in [-0.2, -0.15) is 0 Å². The van der Waals surface area contributed by atoms with Crippen molar-refractivity contribution in [3.8, 4) is 17.2 Å². The van der Waals surface area contributed by atoms with Crippen molar-refractivity contribution in [3.05, 3.63) is 90.5 Å². The Bertz CT molecular complexity index is 982. The minimum Gasteiger partial charge on any atom is -0.484 e. The third-order valence-electron chi connectivity index (χ3n) is 3.79. The molecule has 0 saturated carbocycles. The standard InChI is InChI=1S/C23H20N2O4/c24-22(26)16-28-19-11-6-17(7-12-19)8-15-23(27)25-18-9-13-21(14-10-18)29-20-4-2-1-3-5-20/h1-15H,16H2,(H2,24,26)(H,25,27). The van der Waals surface area contributed by atoms with Gasteiger partial charge in [0.05, 0.1) is 0 Å². The highest BCUT2D eigenvalue weighted by atomic mass is 16.5. The van der Waals surface area contributed by atoms with Crippen LogP contribution in [0.25, 0.3) is 6.08 Å². The number of ether oxygens (including phenoxy) is 2. The minimum absolute atomic E-state index is 0.174. The van der Waals surface area contributed by atoms with Crippen molar-refractivity contribution in [2.24, 2.45) is 5.73 Å². The first-order valence-electron chi connectivity index (χ1n) is 8.92. The van der Waals surface area contributed by atoms with E-state index in [0.717, 1.165) is 11.3 Å². The Hall–Kier alpha value is -4.06. The van der Waals surface area contributed by atoms with Gasteiger partial charge < -0.3 is 20.5 Å². The van der Waals surface area contributed by atoms with Gasteiger partial charge in [-0.25, -0.2) is 0 Å². The maximum Gasteiger partial charge on any atom is 0.255 e. The van der Waals surface area contributed by atoms with E-state index in [1.807, 2.05) is 30.3 Å². The van der Waals surface area contributed by atoms with E-state index in [4.69, 9.17) is 15.2 Å². The van der Waals surface area contributed by atoms with Crippen LogP contribution in [0.4, 0.5) is 5.69 Å². The number of para-hydroxylation sites is 1. The second-order valence-corrected chi connectivity index (χ2v) is 6.09. The van der Waals surface area contributed by atoms with Crippen LogP contribution in [-0.4, -0.2) is 18.4 Å². The molecule has 0 spiro atoms. The Labute approximate surface area is 168 Å². The predicted octanol–water partition coefficient (Wildman–Crippen LogP) is 3.99. The van der Waals surface area contributed by atoms with Crippen LogP contribution in [0.3, 0.4) is 0 Å². The summed E-state index contributed by atoms with van der Waals surface area (Å²) in [4.78, 5) is 22.8. The monoisotopic (exact) mass is 388 g/mol. The van der Waals surface area contributed by atoms with E-state index < -0.39 is 5.91 Å². The number of amides is 2. The predicted molar refractivity (Wildman–Crippen MR) is 112 cm³/mol. The molecule has 6 heteroatoms. The average Bonchev–Trinajstić information content (AvgIpc) is 2.74. The van der Waals surface area contributed by atoms with Gasteiger partial charge in [-0.05, 0) is 60.2 Å². The zero-order chi connectivity index (χ0) is 20.5. The molecule has 0 aromatic heterocycles. The number of benzene rings is 3. The fraction of sp³-hybridized carbons (Fsp3) is 0.0435. The Kier molecular flexibility index (Phi) is 6.62. The van der Waals surface area contributed by atoms with Crippen LogP contribution >= 0.6 is 0 Å². The average molecular weight is 388 g/mol. The van der Waals surface area contributed by atoms with Gasteiger partial charge in [-0.15, -0.1) is 0 Å². The van der Waals surface area contributed by atoms with Gasteiger partial charge in [0.25, 0.3) is 5.91 Å². The number of rotatable bonds is 8. The number of anilines is 1. The van der Waals surface area contributed by atoms with Gasteiger partial charge >= 0.3 is 0 Å². The summed E-state index contributed by atoms with van der Waals surface area (Å²) in [5, 5.41) is 2.79. The van der Waals surface area contributed by atoms with Crippen molar-refractivity contribution in [2.45, 2.75) is 0 Å². The molecule has 3 rings (SSSR count). The lowest BCUT2D eigenvalue weighted by atomic mass is 10.2. The summed E-state index contributed by atoms with van der Waals surface area (Å²) < 4.78 is 10.9. The topological polar surface area (TPSA) is 90.7 Å². The molecule has 3 aromatic carbocycles. The highest BCUT2D eigenvalue weighted by Gasteiger charge is 2.01. The number of nitrogens with one attached hydrogen (secondary N) is 1. The summed E-state index contributed by atoms with van der Waals surface area (Å²) in [5.41, 5.74) is 6.51. The number of nitrogens with two attached hydrogens (primary N) is 1.